The van der Waals surface area contributed by atoms with Crippen molar-refractivity contribution >= 4 is 32.8 Å². The van der Waals surface area contributed by atoms with Crippen molar-refractivity contribution < 1.29 is 17.6 Å². The van der Waals surface area contributed by atoms with Crippen LogP contribution in [0.25, 0.3) is 21.8 Å². The highest BCUT2D eigenvalue weighted by Crippen LogP contribution is 2.64. The van der Waals surface area contributed by atoms with E-state index >= 15 is 0 Å². The van der Waals surface area contributed by atoms with Crippen molar-refractivity contribution in [1.29, 1.82) is 0 Å². The van der Waals surface area contributed by atoms with Gasteiger partial charge in [0.2, 0.25) is 10.0 Å². The summed E-state index contributed by atoms with van der Waals surface area (Å²) in [4.78, 5) is 17.4. The fourth-order valence-electron chi connectivity index (χ4n) is 5.59. The van der Waals surface area contributed by atoms with Crippen LogP contribution in [0.2, 0.25) is 0 Å². The minimum Gasteiger partial charge on any atom is -0.299 e. The van der Waals surface area contributed by atoms with E-state index in [1.807, 2.05) is 13.8 Å². The van der Waals surface area contributed by atoms with Gasteiger partial charge in [-0.15, -0.1) is 11.3 Å². The van der Waals surface area contributed by atoms with Gasteiger partial charge in [-0.1, -0.05) is 44.2 Å². The molecule has 0 saturated heterocycles. The number of aromatic nitrogens is 1. The van der Waals surface area contributed by atoms with Crippen molar-refractivity contribution in [3.8, 4) is 21.8 Å². The van der Waals surface area contributed by atoms with Gasteiger partial charge in [-0.25, -0.2) is 17.8 Å². The maximum atomic E-state index is 14.2. The van der Waals surface area contributed by atoms with Crippen molar-refractivity contribution in [2.45, 2.75) is 33.1 Å². The first kappa shape index (κ1) is 22.2. The Kier molecular flexibility index (Phi) is 5.21. The van der Waals surface area contributed by atoms with Crippen LogP contribution in [0, 0.1) is 22.6 Å². The Balaban J connectivity index is 1.45. The molecule has 8 heteroatoms. The second-order valence-electron chi connectivity index (χ2n) is 9.59. The van der Waals surface area contributed by atoms with E-state index in [2.05, 4.69) is 9.71 Å². The van der Waals surface area contributed by atoms with Crippen LogP contribution in [0.3, 0.4) is 0 Å². The van der Waals surface area contributed by atoms with Gasteiger partial charge in [0.15, 0.2) is 0 Å². The van der Waals surface area contributed by atoms with Crippen molar-refractivity contribution in [3.63, 3.8) is 0 Å². The van der Waals surface area contributed by atoms with E-state index in [9.17, 15) is 17.6 Å². The number of thiazole rings is 1. The largest absolute Gasteiger partial charge is 0.299 e. The predicted octanol–water partition coefficient (Wildman–Crippen LogP) is 5.75. The summed E-state index contributed by atoms with van der Waals surface area (Å²) in [5, 5.41) is 2.31. The summed E-state index contributed by atoms with van der Waals surface area (Å²) in [6.07, 6.45) is 1.98. The van der Waals surface area contributed by atoms with Gasteiger partial charge in [-0.2, -0.15) is 0 Å². The number of anilines is 1. The fraction of sp³-hybridized carbons (Fsp3) is 0.360. The minimum absolute atomic E-state index is 0.0661. The zero-order valence-corrected chi connectivity index (χ0v) is 20.1. The molecule has 0 aliphatic heterocycles. The van der Waals surface area contributed by atoms with Crippen molar-refractivity contribution in [2.24, 2.45) is 16.7 Å². The van der Waals surface area contributed by atoms with Crippen LogP contribution in [0.1, 0.15) is 33.1 Å². The third kappa shape index (κ3) is 3.60. The van der Waals surface area contributed by atoms with Crippen LogP contribution in [-0.2, 0) is 14.8 Å². The minimum atomic E-state index is -3.80. The van der Waals surface area contributed by atoms with Gasteiger partial charge >= 0.3 is 0 Å². The summed E-state index contributed by atoms with van der Waals surface area (Å²) in [6, 6.07) is 13.5. The van der Waals surface area contributed by atoms with Crippen LogP contribution in [0.5, 0.6) is 0 Å². The quantitative estimate of drug-likeness (QED) is 0.483. The lowest BCUT2D eigenvalue weighted by Crippen LogP contribution is -2.43. The molecule has 2 unspecified atom stereocenters. The zero-order chi connectivity index (χ0) is 23.4. The first-order valence-electron chi connectivity index (χ1n) is 11.0. The third-order valence-corrected chi connectivity index (χ3v) is 9.93. The number of hydrogen-bond acceptors (Lipinski definition) is 5. The number of sulfonamides is 1. The summed E-state index contributed by atoms with van der Waals surface area (Å²) in [5.41, 5.74) is 0.811. The van der Waals surface area contributed by atoms with E-state index in [-0.39, 0.29) is 28.7 Å². The van der Waals surface area contributed by atoms with Gasteiger partial charge in [-0.05, 0) is 42.4 Å². The molecule has 0 amide bonds. The predicted molar refractivity (Wildman–Crippen MR) is 129 cm³/mol. The van der Waals surface area contributed by atoms with Gasteiger partial charge < -0.3 is 0 Å². The smallest absolute Gasteiger partial charge is 0.233 e. The molecule has 1 N–H and O–H groups in total. The average molecular weight is 485 g/mol. The fourth-order valence-corrected chi connectivity index (χ4v) is 8.35. The summed E-state index contributed by atoms with van der Waals surface area (Å²) >= 11 is 1.30. The third-order valence-electron chi connectivity index (χ3n) is 7.65. The second kappa shape index (κ2) is 7.74. The van der Waals surface area contributed by atoms with Crippen LogP contribution in [0.15, 0.2) is 53.9 Å². The lowest BCUT2D eigenvalue weighted by molar-refractivity contribution is -0.128. The number of hydrogen-bond donors (Lipinski definition) is 1. The molecule has 172 valence electrons. The SMILES string of the molecule is CC1(C)C2CCC1(CS(=O)(=O)Nc1ccccc1-c1csc(-c3ccccc3F)n1)C(=O)C2. The standard InChI is InChI=1S/C25H25FN2O3S2/c1-24(2)16-11-12-25(24,22(29)13-16)15-33(30,31)28-20-10-6-4-8-18(20)21-14-32-23(27-21)17-7-3-5-9-19(17)26/h3-10,14,16,28H,11-13,15H2,1-2H3. The first-order chi connectivity index (χ1) is 15.6. The van der Waals surface area contributed by atoms with E-state index < -0.39 is 15.4 Å². The highest BCUT2D eigenvalue weighted by atomic mass is 32.2. The molecule has 0 radical (unpaired) electrons. The molecule has 0 spiro atoms. The molecule has 5 rings (SSSR count). The van der Waals surface area contributed by atoms with Crippen LogP contribution in [-0.4, -0.2) is 24.9 Å². The second-order valence-corrected chi connectivity index (χ2v) is 12.2. The van der Waals surface area contributed by atoms with Gasteiger partial charge in [0.25, 0.3) is 0 Å². The maximum Gasteiger partial charge on any atom is 0.233 e. The number of Topliss-reactive ketones (excluding diaryl/α,β-unsaturated/α-hetero) is 1. The van der Waals surface area contributed by atoms with Crippen molar-refractivity contribution in [3.05, 3.63) is 59.7 Å². The number of halogens is 1. The zero-order valence-electron chi connectivity index (χ0n) is 18.5. The highest BCUT2D eigenvalue weighted by molar-refractivity contribution is 7.92. The Hall–Kier alpha value is -2.58. The van der Waals surface area contributed by atoms with Crippen LogP contribution >= 0.6 is 11.3 Å². The van der Waals surface area contributed by atoms with Gasteiger partial charge in [0, 0.05) is 22.9 Å². The maximum absolute atomic E-state index is 14.2. The number of ketones is 1. The number of benzene rings is 2. The molecule has 2 atom stereocenters. The van der Waals surface area contributed by atoms with Crippen LogP contribution < -0.4 is 4.72 Å². The summed E-state index contributed by atoms with van der Waals surface area (Å²) < 4.78 is 43.5. The Morgan fingerprint density at radius 2 is 1.82 bits per heavy atom. The lowest BCUT2D eigenvalue weighted by Gasteiger charge is -2.36. The molecule has 33 heavy (non-hydrogen) atoms. The molecule has 2 aliphatic carbocycles. The lowest BCUT2D eigenvalue weighted by atomic mass is 9.70. The molecule has 2 aliphatic rings. The molecule has 2 fully saturated rings. The molecule has 2 aromatic carbocycles. The number of para-hydroxylation sites is 1. The summed E-state index contributed by atoms with van der Waals surface area (Å²) in [7, 11) is -3.80. The molecule has 1 aromatic heterocycles. The number of nitrogens with one attached hydrogen (secondary N) is 1. The molecule has 2 saturated carbocycles. The van der Waals surface area contributed by atoms with Gasteiger partial charge in [0.1, 0.15) is 16.6 Å². The molecular formula is C25H25FN2O3S2. The number of carbonyl (C=O) groups is 1. The Labute approximate surface area is 197 Å². The Bertz CT molecular complexity index is 1350. The molecule has 1 heterocycles. The van der Waals surface area contributed by atoms with E-state index in [1.54, 1.807) is 47.8 Å². The number of carbonyl (C=O) groups excluding carboxylic acids is 1. The highest BCUT2D eigenvalue weighted by Gasteiger charge is 2.65. The Morgan fingerprint density at radius 3 is 2.48 bits per heavy atom. The molecule has 3 aromatic rings. The van der Waals surface area contributed by atoms with E-state index in [1.165, 1.54) is 17.4 Å². The van der Waals surface area contributed by atoms with Crippen molar-refractivity contribution in [2.75, 3.05) is 10.5 Å². The first-order valence-corrected chi connectivity index (χ1v) is 13.5. The monoisotopic (exact) mass is 484 g/mol. The van der Waals surface area contributed by atoms with Crippen molar-refractivity contribution in [1.82, 2.24) is 4.98 Å². The van der Waals surface area contributed by atoms with E-state index in [0.717, 1.165) is 6.42 Å². The summed E-state index contributed by atoms with van der Waals surface area (Å²) in [5.74, 6) is -0.255. The molecule has 5 nitrogen and oxygen atoms in total. The van der Waals surface area contributed by atoms with E-state index in [4.69, 9.17) is 0 Å². The van der Waals surface area contributed by atoms with Gasteiger partial charge in [-0.3, -0.25) is 9.52 Å². The number of nitrogens with zero attached hydrogens (tertiary/aromatic N) is 1. The average Bonchev–Trinajstić information content (AvgIpc) is 3.38. The molecular weight excluding hydrogens is 459 g/mol. The Morgan fingerprint density at radius 1 is 1.12 bits per heavy atom. The van der Waals surface area contributed by atoms with Gasteiger partial charge in [0.05, 0.1) is 22.5 Å². The summed E-state index contributed by atoms with van der Waals surface area (Å²) in [6.45, 7) is 4.05. The van der Waals surface area contributed by atoms with Crippen LogP contribution in [0.4, 0.5) is 10.1 Å². The topological polar surface area (TPSA) is 76.1 Å². The molecule has 2 bridgehead atoms. The number of fused-ring (bicyclic) bond motifs is 2. The normalized spacial score (nSPS) is 23.7. The van der Waals surface area contributed by atoms with E-state index in [0.29, 0.717) is 40.4 Å². The number of rotatable bonds is 6.